The molecule has 0 bridgehead atoms. The van der Waals surface area contributed by atoms with Gasteiger partial charge in [0, 0.05) is 27.4 Å². The largest absolute Gasteiger partial charge is 0.385 e. The van der Waals surface area contributed by atoms with Crippen LogP contribution in [0.15, 0.2) is 30.0 Å². The lowest BCUT2D eigenvalue weighted by molar-refractivity contribution is 0.191. The van der Waals surface area contributed by atoms with Crippen LogP contribution in [0.2, 0.25) is 0 Å². The fourth-order valence-electron chi connectivity index (χ4n) is 6.64. The first-order chi connectivity index (χ1) is 19.8. The predicted molar refractivity (Wildman–Crippen MR) is 177 cm³/mol. The average molecular weight is 559 g/mol. The van der Waals surface area contributed by atoms with Crippen LogP contribution >= 0.6 is 0 Å². The summed E-state index contributed by atoms with van der Waals surface area (Å²) in [5.41, 5.74) is 3.74. The fourth-order valence-corrected chi connectivity index (χ4v) is 6.64. The average Bonchev–Trinajstić information content (AvgIpc) is 2.97. The summed E-state index contributed by atoms with van der Waals surface area (Å²) < 4.78 is 10.4. The second-order valence-electron chi connectivity index (χ2n) is 12.6. The molecule has 2 nitrogen and oxygen atoms in total. The third-order valence-electron chi connectivity index (χ3n) is 9.17. The molecule has 1 rings (SSSR count). The SMILES string of the molecule is CCCCCCC1C=CC(CCCCCCCCOC)C(C=C=CCCCCCCCOC)C1CCCCCC. The van der Waals surface area contributed by atoms with Crippen LogP contribution in [0.4, 0.5) is 0 Å². The molecule has 40 heavy (non-hydrogen) atoms. The van der Waals surface area contributed by atoms with Gasteiger partial charge in [0.25, 0.3) is 0 Å². The van der Waals surface area contributed by atoms with Crippen LogP contribution in [-0.4, -0.2) is 27.4 Å². The van der Waals surface area contributed by atoms with Crippen LogP contribution in [-0.2, 0) is 9.47 Å². The molecule has 0 spiro atoms. The van der Waals surface area contributed by atoms with Crippen molar-refractivity contribution in [3.05, 3.63) is 30.0 Å². The van der Waals surface area contributed by atoms with E-state index in [-0.39, 0.29) is 0 Å². The minimum atomic E-state index is 0.676. The number of ether oxygens (including phenoxy) is 2. The zero-order valence-electron chi connectivity index (χ0n) is 27.6. The summed E-state index contributed by atoms with van der Waals surface area (Å²) in [4.78, 5) is 0. The van der Waals surface area contributed by atoms with Crippen molar-refractivity contribution in [2.45, 2.75) is 162 Å². The van der Waals surface area contributed by atoms with Gasteiger partial charge in [-0.1, -0.05) is 129 Å². The molecule has 0 heterocycles. The Balaban J connectivity index is 2.77. The van der Waals surface area contributed by atoms with Crippen molar-refractivity contribution in [3.8, 4) is 0 Å². The third-order valence-corrected chi connectivity index (χ3v) is 9.17. The van der Waals surface area contributed by atoms with Crippen LogP contribution < -0.4 is 0 Å². The summed E-state index contributed by atoms with van der Waals surface area (Å²) in [6.07, 6.45) is 41.1. The predicted octanol–water partition coefficient (Wildman–Crippen LogP) is 12.0. The highest BCUT2D eigenvalue weighted by atomic mass is 16.5. The Labute approximate surface area is 251 Å². The van der Waals surface area contributed by atoms with E-state index in [0.717, 1.165) is 25.0 Å². The van der Waals surface area contributed by atoms with Gasteiger partial charge >= 0.3 is 0 Å². The van der Waals surface area contributed by atoms with E-state index in [1.807, 2.05) is 7.11 Å². The van der Waals surface area contributed by atoms with Crippen molar-refractivity contribution in [1.82, 2.24) is 0 Å². The maximum absolute atomic E-state index is 5.21. The lowest BCUT2D eigenvalue weighted by Crippen LogP contribution is -2.30. The van der Waals surface area contributed by atoms with Crippen LogP contribution in [0, 0.1) is 23.7 Å². The molecule has 1 aliphatic carbocycles. The number of unbranched alkanes of at least 4 members (excludes halogenated alkanes) is 16. The molecule has 1 aliphatic rings. The van der Waals surface area contributed by atoms with Crippen molar-refractivity contribution < 1.29 is 9.47 Å². The molecule has 0 aliphatic heterocycles. The maximum Gasteiger partial charge on any atom is 0.0462 e. The first-order valence-electron chi connectivity index (χ1n) is 17.9. The zero-order valence-corrected chi connectivity index (χ0v) is 27.6. The van der Waals surface area contributed by atoms with E-state index >= 15 is 0 Å². The van der Waals surface area contributed by atoms with Gasteiger partial charge in [-0.3, -0.25) is 0 Å². The molecule has 0 amide bonds. The van der Waals surface area contributed by atoms with E-state index in [0.29, 0.717) is 11.8 Å². The lowest BCUT2D eigenvalue weighted by atomic mass is 9.66. The molecular weight excluding hydrogens is 488 g/mol. The Morgan fingerprint density at radius 1 is 0.550 bits per heavy atom. The van der Waals surface area contributed by atoms with Gasteiger partial charge in [0.2, 0.25) is 0 Å². The molecular formula is C38H70O2. The molecule has 0 aromatic rings. The smallest absolute Gasteiger partial charge is 0.0462 e. The lowest BCUT2D eigenvalue weighted by Gasteiger charge is -2.39. The van der Waals surface area contributed by atoms with Crippen LogP contribution in [0.3, 0.4) is 0 Å². The number of allylic oxidation sites excluding steroid dienone is 3. The Kier molecular flexibility index (Phi) is 26.3. The normalized spacial score (nSPS) is 20.5. The van der Waals surface area contributed by atoms with E-state index in [1.165, 1.54) is 148 Å². The number of rotatable bonds is 28. The second kappa shape index (κ2) is 28.3. The zero-order chi connectivity index (χ0) is 28.9. The Bertz CT molecular complexity index is 617. The van der Waals surface area contributed by atoms with Gasteiger partial charge in [-0.25, -0.2) is 0 Å². The molecule has 0 N–H and O–H groups in total. The van der Waals surface area contributed by atoms with Gasteiger partial charge in [0.1, 0.15) is 0 Å². The second-order valence-corrected chi connectivity index (χ2v) is 12.6. The van der Waals surface area contributed by atoms with Gasteiger partial charge in [-0.2, -0.15) is 0 Å². The van der Waals surface area contributed by atoms with Gasteiger partial charge in [0.15, 0.2) is 0 Å². The van der Waals surface area contributed by atoms with Crippen molar-refractivity contribution in [2.24, 2.45) is 23.7 Å². The van der Waals surface area contributed by atoms with Crippen LogP contribution in [0.1, 0.15) is 162 Å². The number of methoxy groups -OCH3 is 2. The van der Waals surface area contributed by atoms with E-state index in [2.05, 4.69) is 43.9 Å². The van der Waals surface area contributed by atoms with Gasteiger partial charge < -0.3 is 9.47 Å². The van der Waals surface area contributed by atoms with Crippen molar-refractivity contribution in [3.63, 3.8) is 0 Å². The first kappa shape index (κ1) is 37.2. The minimum Gasteiger partial charge on any atom is -0.385 e. The Morgan fingerprint density at radius 2 is 1.02 bits per heavy atom. The Hall–Kier alpha value is -0.820. The highest BCUT2D eigenvalue weighted by Gasteiger charge is 2.33. The molecule has 4 atom stereocenters. The maximum atomic E-state index is 5.21. The molecule has 0 aromatic heterocycles. The summed E-state index contributed by atoms with van der Waals surface area (Å²) in [7, 11) is 3.62. The minimum absolute atomic E-state index is 0.676. The summed E-state index contributed by atoms with van der Waals surface area (Å²) >= 11 is 0. The molecule has 0 aromatic carbocycles. The standard InChI is InChI=1S/C38H70O2/c1-5-7-9-21-27-35-31-32-36(28-22-17-14-16-20-26-34-40-4)38(37(35)29-23-10-8-6-2)30-24-18-13-11-12-15-19-25-33-39-3/h18,30-32,35-38H,5-17,19-23,25-29,33-34H2,1-4H3. The summed E-state index contributed by atoms with van der Waals surface area (Å²) in [5.74, 6) is 2.96. The fraction of sp³-hybridized carbons (Fsp3) is 0.868. The molecule has 0 radical (unpaired) electrons. The van der Waals surface area contributed by atoms with E-state index in [4.69, 9.17) is 9.47 Å². The number of hydrogen-bond acceptors (Lipinski definition) is 2. The van der Waals surface area contributed by atoms with Crippen molar-refractivity contribution >= 4 is 0 Å². The van der Waals surface area contributed by atoms with Crippen molar-refractivity contribution in [2.75, 3.05) is 27.4 Å². The van der Waals surface area contributed by atoms with E-state index < -0.39 is 0 Å². The Morgan fingerprint density at radius 3 is 1.62 bits per heavy atom. The molecule has 4 unspecified atom stereocenters. The van der Waals surface area contributed by atoms with Gasteiger partial charge in [0.05, 0.1) is 0 Å². The summed E-state index contributed by atoms with van der Waals surface area (Å²) in [6, 6.07) is 0. The van der Waals surface area contributed by atoms with E-state index in [9.17, 15) is 0 Å². The summed E-state index contributed by atoms with van der Waals surface area (Å²) in [5, 5.41) is 0. The molecule has 0 saturated carbocycles. The van der Waals surface area contributed by atoms with E-state index in [1.54, 1.807) is 7.11 Å². The topological polar surface area (TPSA) is 18.5 Å². The first-order valence-corrected chi connectivity index (χ1v) is 17.9. The molecule has 0 fully saturated rings. The quantitative estimate of drug-likeness (QED) is 0.0540. The monoisotopic (exact) mass is 559 g/mol. The molecule has 2 heteroatoms. The third kappa shape index (κ3) is 19.3. The molecule has 0 saturated heterocycles. The van der Waals surface area contributed by atoms with Gasteiger partial charge in [-0.05, 0) is 80.8 Å². The van der Waals surface area contributed by atoms with Crippen molar-refractivity contribution in [1.29, 1.82) is 0 Å². The van der Waals surface area contributed by atoms with Crippen LogP contribution in [0.25, 0.3) is 0 Å². The van der Waals surface area contributed by atoms with Gasteiger partial charge in [-0.15, -0.1) is 5.73 Å². The molecule has 234 valence electrons. The number of hydrogen-bond donors (Lipinski definition) is 0. The highest BCUT2D eigenvalue weighted by Crippen LogP contribution is 2.42. The van der Waals surface area contributed by atoms with Crippen LogP contribution in [0.5, 0.6) is 0 Å². The highest BCUT2D eigenvalue weighted by molar-refractivity contribution is 5.10. The summed E-state index contributed by atoms with van der Waals surface area (Å²) in [6.45, 7) is 6.49.